The summed E-state index contributed by atoms with van der Waals surface area (Å²) in [6.07, 6.45) is 0. The zero-order valence-corrected chi connectivity index (χ0v) is 12.6. The molecule has 21 heavy (non-hydrogen) atoms. The van der Waals surface area contributed by atoms with Gasteiger partial charge in [-0.3, -0.25) is 9.59 Å². The van der Waals surface area contributed by atoms with Crippen LogP contribution >= 0.6 is 0 Å². The second-order valence-corrected chi connectivity index (χ2v) is 5.03. The smallest absolute Gasteiger partial charge is 0.254 e. The van der Waals surface area contributed by atoms with Crippen LogP contribution < -0.4 is 11.5 Å². The third kappa shape index (κ3) is 4.62. The van der Waals surface area contributed by atoms with Crippen LogP contribution in [-0.4, -0.2) is 35.8 Å². The first-order valence-electron chi connectivity index (χ1n) is 6.75. The maximum atomic E-state index is 12.5. The van der Waals surface area contributed by atoms with E-state index in [1.54, 1.807) is 12.1 Å². The van der Waals surface area contributed by atoms with Gasteiger partial charge in [-0.25, -0.2) is 0 Å². The molecule has 0 saturated carbocycles. The molecule has 0 radical (unpaired) electrons. The van der Waals surface area contributed by atoms with Crippen LogP contribution in [0, 0.1) is 18.8 Å². The van der Waals surface area contributed by atoms with E-state index in [9.17, 15) is 9.59 Å². The van der Waals surface area contributed by atoms with E-state index in [1.165, 1.54) is 4.90 Å². The molecule has 112 valence electrons. The van der Waals surface area contributed by atoms with Gasteiger partial charge >= 0.3 is 0 Å². The summed E-state index contributed by atoms with van der Waals surface area (Å²) in [6, 6.07) is 5.15. The lowest BCUT2D eigenvalue weighted by Gasteiger charge is -2.25. The number of nitrogens with two attached hydrogens (primary N) is 2. The number of primary amides is 1. The Bertz CT molecular complexity index is 597. The van der Waals surface area contributed by atoms with Crippen molar-refractivity contribution in [3.63, 3.8) is 0 Å². The molecule has 0 aliphatic heterocycles. The highest BCUT2D eigenvalue weighted by atomic mass is 16.2. The predicted molar refractivity (Wildman–Crippen MR) is 82.5 cm³/mol. The number of benzene rings is 1. The molecule has 0 aliphatic carbocycles. The lowest BCUT2D eigenvalue weighted by molar-refractivity contribution is -0.119. The van der Waals surface area contributed by atoms with Gasteiger partial charge in [0.25, 0.3) is 5.91 Å². The number of rotatable bonds is 4. The summed E-state index contributed by atoms with van der Waals surface area (Å²) in [6.45, 7) is 5.75. The summed E-state index contributed by atoms with van der Waals surface area (Å²) in [5, 5.41) is 0. The van der Waals surface area contributed by atoms with Crippen molar-refractivity contribution in [3.05, 3.63) is 34.9 Å². The van der Waals surface area contributed by atoms with E-state index in [4.69, 9.17) is 11.5 Å². The number of carbonyl (C=O) groups excluding carboxylic acids is 2. The van der Waals surface area contributed by atoms with Gasteiger partial charge in [0.2, 0.25) is 5.91 Å². The monoisotopic (exact) mass is 287 g/mol. The van der Waals surface area contributed by atoms with Crippen molar-refractivity contribution in [1.82, 2.24) is 4.90 Å². The molecule has 1 aromatic carbocycles. The zero-order chi connectivity index (χ0) is 16.0. The Morgan fingerprint density at radius 3 is 2.52 bits per heavy atom. The van der Waals surface area contributed by atoms with E-state index in [1.807, 2.05) is 26.8 Å². The molecular weight excluding hydrogens is 266 g/mol. The molecule has 0 fully saturated rings. The fraction of sp³-hybridized carbons (Fsp3) is 0.375. The molecule has 5 heteroatoms. The van der Waals surface area contributed by atoms with Crippen LogP contribution in [0.4, 0.5) is 0 Å². The van der Waals surface area contributed by atoms with Crippen LogP contribution in [0.1, 0.15) is 35.3 Å². The van der Waals surface area contributed by atoms with Crippen LogP contribution in [0.5, 0.6) is 0 Å². The Balaban J connectivity index is 3.13. The van der Waals surface area contributed by atoms with Gasteiger partial charge in [0.05, 0.1) is 13.1 Å². The predicted octanol–water partition coefficient (Wildman–Crippen LogP) is 0.641. The van der Waals surface area contributed by atoms with Crippen molar-refractivity contribution in [2.45, 2.75) is 26.8 Å². The van der Waals surface area contributed by atoms with E-state index < -0.39 is 5.91 Å². The zero-order valence-electron chi connectivity index (χ0n) is 12.6. The van der Waals surface area contributed by atoms with Gasteiger partial charge < -0.3 is 16.4 Å². The van der Waals surface area contributed by atoms with Gasteiger partial charge in [-0.15, -0.1) is 0 Å². The van der Waals surface area contributed by atoms with Gasteiger partial charge in [0.1, 0.15) is 0 Å². The number of aryl methyl sites for hydroxylation is 1. The summed E-state index contributed by atoms with van der Waals surface area (Å²) in [5.74, 6) is 4.94. The molecule has 0 unspecified atom stereocenters. The van der Waals surface area contributed by atoms with Gasteiger partial charge in [0.15, 0.2) is 0 Å². The van der Waals surface area contributed by atoms with Crippen molar-refractivity contribution in [3.8, 4) is 11.8 Å². The number of amides is 2. The fourth-order valence-electron chi connectivity index (χ4n) is 1.86. The van der Waals surface area contributed by atoms with Crippen LogP contribution in [0.15, 0.2) is 18.2 Å². The standard InChI is InChI=1S/C16H21N3O2/c1-11(2)19(10-15(18)20)16(21)14-7-6-12(3)13(9-14)5-4-8-17/h6-7,9,11H,8,10,17H2,1-3H3,(H2,18,20). The molecule has 0 atom stereocenters. The van der Waals surface area contributed by atoms with Crippen molar-refractivity contribution < 1.29 is 9.59 Å². The molecule has 0 aromatic heterocycles. The molecule has 0 saturated heterocycles. The van der Waals surface area contributed by atoms with Crippen molar-refractivity contribution in [1.29, 1.82) is 0 Å². The first kappa shape index (κ1) is 16.7. The fourth-order valence-corrected chi connectivity index (χ4v) is 1.86. The highest BCUT2D eigenvalue weighted by Crippen LogP contribution is 2.14. The van der Waals surface area contributed by atoms with Gasteiger partial charge in [-0.1, -0.05) is 17.9 Å². The van der Waals surface area contributed by atoms with Crippen molar-refractivity contribution in [2.24, 2.45) is 11.5 Å². The average molecular weight is 287 g/mol. The number of nitrogens with zero attached hydrogens (tertiary/aromatic N) is 1. The number of hydrogen-bond acceptors (Lipinski definition) is 3. The van der Waals surface area contributed by atoms with Crippen molar-refractivity contribution >= 4 is 11.8 Å². The maximum absolute atomic E-state index is 12.5. The highest BCUT2D eigenvalue weighted by molar-refractivity contribution is 5.97. The molecule has 0 spiro atoms. The van der Waals surface area contributed by atoms with Gasteiger partial charge in [-0.2, -0.15) is 0 Å². The van der Waals surface area contributed by atoms with Crippen LogP contribution in [0.3, 0.4) is 0 Å². The quantitative estimate of drug-likeness (QED) is 0.796. The van der Waals surface area contributed by atoms with Crippen LogP contribution in [0.2, 0.25) is 0 Å². The molecule has 2 amide bonds. The molecule has 4 N–H and O–H groups in total. The third-order valence-corrected chi connectivity index (χ3v) is 3.02. The molecule has 5 nitrogen and oxygen atoms in total. The summed E-state index contributed by atoms with van der Waals surface area (Å²) >= 11 is 0. The summed E-state index contributed by atoms with van der Waals surface area (Å²) in [7, 11) is 0. The SMILES string of the molecule is Cc1ccc(C(=O)N(CC(N)=O)C(C)C)cc1C#CCN. The normalized spacial score (nSPS) is 9.95. The third-order valence-electron chi connectivity index (χ3n) is 3.02. The van der Waals surface area contributed by atoms with Gasteiger partial charge in [0, 0.05) is 17.2 Å². The largest absolute Gasteiger partial charge is 0.368 e. The van der Waals surface area contributed by atoms with Crippen LogP contribution in [0.25, 0.3) is 0 Å². The molecule has 0 bridgehead atoms. The topological polar surface area (TPSA) is 89.4 Å². The number of hydrogen-bond donors (Lipinski definition) is 2. The minimum Gasteiger partial charge on any atom is -0.368 e. The Morgan fingerprint density at radius 2 is 2.00 bits per heavy atom. The summed E-state index contributed by atoms with van der Waals surface area (Å²) < 4.78 is 0. The van der Waals surface area contributed by atoms with E-state index in [-0.39, 0.29) is 25.0 Å². The second kappa shape index (κ2) is 7.46. The minimum atomic E-state index is -0.535. The molecule has 1 rings (SSSR count). The van der Waals surface area contributed by atoms with Crippen LogP contribution in [-0.2, 0) is 4.79 Å². The highest BCUT2D eigenvalue weighted by Gasteiger charge is 2.20. The van der Waals surface area contributed by atoms with Crippen molar-refractivity contribution in [2.75, 3.05) is 13.1 Å². The first-order chi connectivity index (χ1) is 9.86. The van der Waals surface area contributed by atoms with E-state index >= 15 is 0 Å². The number of carbonyl (C=O) groups is 2. The first-order valence-corrected chi connectivity index (χ1v) is 6.75. The summed E-state index contributed by atoms with van der Waals surface area (Å²) in [4.78, 5) is 25.0. The van der Waals surface area contributed by atoms with E-state index in [0.29, 0.717) is 5.56 Å². The minimum absolute atomic E-state index is 0.103. The lowest BCUT2D eigenvalue weighted by Crippen LogP contribution is -2.42. The average Bonchev–Trinajstić information content (AvgIpc) is 2.42. The Hall–Kier alpha value is -2.32. The van der Waals surface area contributed by atoms with Gasteiger partial charge in [-0.05, 0) is 38.5 Å². The lowest BCUT2D eigenvalue weighted by atomic mass is 10.0. The van der Waals surface area contributed by atoms with E-state index in [2.05, 4.69) is 11.8 Å². The molecule has 1 aromatic rings. The van der Waals surface area contributed by atoms with E-state index in [0.717, 1.165) is 11.1 Å². The molecule has 0 heterocycles. The maximum Gasteiger partial charge on any atom is 0.254 e. The summed E-state index contributed by atoms with van der Waals surface area (Å²) in [5.41, 5.74) is 12.8. The molecular formula is C16H21N3O2. The Labute approximate surface area is 125 Å². The molecule has 0 aliphatic rings. The Kier molecular flexibility index (Phi) is 5.94. The Morgan fingerprint density at radius 1 is 1.33 bits per heavy atom. The second-order valence-electron chi connectivity index (χ2n) is 5.03.